The van der Waals surface area contributed by atoms with Crippen molar-refractivity contribution < 1.29 is 19.4 Å². The van der Waals surface area contributed by atoms with E-state index in [0.29, 0.717) is 28.8 Å². The van der Waals surface area contributed by atoms with Gasteiger partial charge in [-0.05, 0) is 48.9 Å². The summed E-state index contributed by atoms with van der Waals surface area (Å²) in [6.45, 7) is 2.40. The van der Waals surface area contributed by atoms with E-state index in [4.69, 9.17) is 21.1 Å². The highest BCUT2D eigenvalue weighted by Gasteiger charge is 2.10. The Morgan fingerprint density at radius 1 is 1.16 bits per heavy atom. The Hall–Kier alpha value is -3.29. The molecule has 8 heteroatoms. The Morgan fingerprint density at radius 3 is 2.77 bits per heavy atom. The lowest BCUT2D eigenvalue weighted by atomic mass is 10.2. The molecule has 1 heterocycles. The van der Waals surface area contributed by atoms with Gasteiger partial charge < -0.3 is 25.2 Å². The van der Waals surface area contributed by atoms with Crippen molar-refractivity contribution in [3.8, 4) is 11.5 Å². The molecule has 0 spiro atoms. The summed E-state index contributed by atoms with van der Waals surface area (Å²) < 4.78 is 11.2. The molecule has 3 aromatic rings. The van der Waals surface area contributed by atoms with Gasteiger partial charge >= 0.3 is 6.03 Å². The monoisotopic (exact) mass is 441 g/mol. The SMILES string of the molecule is Cc1cccc(OCC(O)CNC(=O)Nc2ccc(OCc3cccnc3)c(Cl)c2)c1. The van der Waals surface area contributed by atoms with Crippen LogP contribution in [-0.4, -0.2) is 35.4 Å². The van der Waals surface area contributed by atoms with Gasteiger partial charge in [0.1, 0.15) is 30.8 Å². The van der Waals surface area contributed by atoms with Gasteiger partial charge in [-0.15, -0.1) is 0 Å². The minimum Gasteiger partial charge on any atom is -0.491 e. The van der Waals surface area contributed by atoms with Crippen molar-refractivity contribution in [1.82, 2.24) is 10.3 Å². The van der Waals surface area contributed by atoms with Gasteiger partial charge in [-0.2, -0.15) is 0 Å². The maximum atomic E-state index is 12.1. The molecule has 2 aromatic carbocycles. The molecular formula is C23H24ClN3O4. The fourth-order valence-corrected chi connectivity index (χ4v) is 2.92. The number of carbonyl (C=O) groups is 1. The minimum absolute atomic E-state index is 0.0394. The summed E-state index contributed by atoms with van der Waals surface area (Å²) in [5.41, 5.74) is 2.49. The Bertz CT molecular complexity index is 1000. The van der Waals surface area contributed by atoms with E-state index in [1.807, 2.05) is 43.3 Å². The third kappa shape index (κ3) is 7.47. The van der Waals surface area contributed by atoms with Gasteiger partial charge in [0.15, 0.2) is 0 Å². The van der Waals surface area contributed by atoms with E-state index in [2.05, 4.69) is 15.6 Å². The molecule has 0 bridgehead atoms. The maximum absolute atomic E-state index is 12.1. The first-order valence-corrected chi connectivity index (χ1v) is 10.1. The van der Waals surface area contributed by atoms with Crippen LogP contribution in [0, 0.1) is 6.92 Å². The lowest BCUT2D eigenvalue weighted by molar-refractivity contribution is 0.108. The molecule has 1 aromatic heterocycles. The van der Waals surface area contributed by atoms with Gasteiger partial charge in [0.05, 0.1) is 5.02 Å². The number of pyridine rings is 1. The second-order valence-electron chi connectivity index (χ2n) is 6.91. The van der Waals surface area contributed by atoms with Gasteiger partial charge in [0, 0.05) is 30.2 Å². The van der Waals surface area contributed by atoms with Crippen LogP contribution < -0.4 is 20.1 Å². The molecule has 0 aliphatic carbocycles. The van der Waals surface area contributed by atoms with Gasteiger partial charge in [-0.1, -0.05) is 29.8 Å². The first-order valence-electron chi connectivity index (χ1n) is 9.73. The Kier molecular flexibility index (Phi) is 8.09. The molecule has 0 saturated carbocycles. The van der Waals surface area contributed by atoms with Crippen molar-refractivity contribution in [2.75, 3.05) is 18.5 Å². The molecule has 1 atom stereocenters. The van der Waals surface area contributed by atoms with Gasteiger partial charge in [0.25, 0.3) is 0 Å². The number of carbonyl (C=O) groups excluding carboxylic acids is 1. The fraction of sp³-hybridized carbons (Fsp3) is 0.217. The van der Waals surface area contributed by atoms with Crippen LogP contribution in [-0.2, 0) is 6.61 Å². The molecule has 2 amide bonds. The fourth-order valence-electron chi connectivity index (χ4n) is 2.68. The van der Waals surface area contributed by atoms with Crippen LogP contribution in [0.25, 0.3) is 0 Å². The zero-order valence-corrected chi connectivity index (χ0v) is 17.8. The van der Waals surface area contributed by atoms with E-state index in [-0.39, 0.29) is 13.2 Å². The zero-order valence-electron chi connectivity index (χ0n) is 17.0. The standard InChI is InChI=1S/C23H24ClN3O4/c1-16-4-2-6-20(10-16)30-15-19(28)13-26-23(29)27-18-7-8-22(21(24)11-18)31-14-17-5-3-9-25-12-17/h2-12,19,28H,13-15H2,1H3,(H2,26,27,29). The lowest BCUT2D eigenvalue weighted by Crippen LogP contribution is -2.37. The van der Waals surface area contributed by atoms with Gasteiger partial charge in [-0.3, -0.25) is 4.98 Å². The highest BCUT2D eigenvalue weighted by atomic mass is 35.5. The van der Waals surface area contributed by atoms with E-state index < -0.39 is 12.1 Å². The molecule has 0 aliphatic rings. The number of halogens is 1. The van der Waals surface area contributed by atoms with Crippen LogP contribution in [0.3, 0.4) is 0 Å². The molecule has 3 rings (SSSR count). The number of aliphatic hydroxyl groups excluding tert-OH is 1. The number of hydrogen-bond donors (Lipinski definition) is 3. The summed E-state index contributed by atoms with van der Waals surface area (Å²) in [6, 6.07) is 15.8. The summed E-state index contributed by atoms with van der Waals surface area (Å²) in [5, 5.41) is 15.7. The number of urea groups is 1. The van der Waals surface area contributed by atoms with Crippen molar-refractivity contribution in [2.24, 2.45) is 0 Å². The maximum Gasteiger partial charge on any atom is 0.319 e. The molecule has 0 aliphatic heterocycles. The first-order chi connectivity index (χ1) is 15.0. The van der Waals surface area contributed by atoms with Gasteiger partial charge in [0.2, 0.25) is 0 Å². The number of ether oxygens (including phenoxy) is 2. The van der Waals surface area contributed by atoms with Crippen LogP contribution >= 0.6 is 11.6 Å². The number of nitrogens with one attached hydrogen (secondary N) is 2. The largest absolute Gasteiger partial charge is 0.491 e. The van der Waals surface area contributed by atoms with Crippen molar-refractivity contribution in [1.29, 1.82) is 0 Å². The molecule has 0 fully saturated rings. The number of aryl methyl sites for hydroxylation is 1. The summed E-state index contributed by atoms with van der Waals surface area (Å²) in [6.07, 6.45) is 2.56. The number of amides is 2. The number of benzene rings is 2. The van der Waals surface area contributed by atoms with Crippen molar-refractivity contribution >= 4 is 23.3 Å². The predicted octanol–water partition coefficient (Wildman–Crippen LogP) is 4.18. The molecule has 1 unspecified atom stereocenters. The highest BCUT2D eigenvalue weighted by Crippen LogP contribution is 2.28. The molecule has 7 nitrogen and oxygen atoms in total. The lowest BCUT2D eigenvalue weighted by Gasteiger charge is -2.14. The second kappa shape index (κ2) is 11.2. The summed E-state index contributed by atoms with van der Waals surface area (Å²) in [4.78, 5) is 16.1. The summed E-state index contributed by atoms with van der Waals surface area (Å²) in [7, 11) is 0. The predicted molar refractivity (Wildman–Crippen MR) is 120 cm³/mol. The second-order valence-corrected chi connectivity index (χ2v) is 7.32. The third-order valence-corrected chi connectivity index (χ3v) is 4.53. The van der Waals surface area contributed by atoms with E-state index in [0.717, 1.165) is 11.1 Å². The number of rotatable bonds is 9. The number of anilines is 1. The smallest absolute Gasteiger partial charge is 0.319 e. The Morgan fingerprint density at radius 2 is 2.03 bits per heavy atom. The Labute approximate surface area is 186 Å². The van der Waals surface area contributed by atoms with E-state index >= 15 is 0 Å². The average Bonchev–Trinajstić information content (AvgIpc) is 2.76. The number of nitrogens with zero attached hydrogens (tertiary/aromatic N) is 1. The van der Waals surface area contributed by atoms with Crippen LogP contribution in [0.1, 0.15) is 11.1 Å². The van der Waals surface area contributed by atoms with Crippen LogP contribution in [0.15, 0.2) is 67.0 Å². The summed E-state index contributed by atoms with van der Waals surface area (Å²) in [5.74, 6) is 1.17. The topological polar surface area (TPSA) is 92.7 Å². The molecular weight excluding hydrogens is 418 g/mol. The van der Waals surface area contributed by atoms with Crippen LogP contribution in [0.5, 0.6) is 11.5 Å². The first kappa shape index (κ1) is 22.4. The van der Waals surface area contributed by atoms with Crippen molar-refractivity contribution in [3.05, 3.63) is 83.1 Å². The van der Waals surface area contributed by atoms with Crippen LogP contribution in [0.2, 0.25) is 5.02 Å². The average molecular weight is 442 g/mol. The van der Waals surface area contributed by atoms with Gasteiger partial charge in [-0.25, -0.2) is 4.79 Å². The third-order valence-electron chi connectivity index (χ3n) is 4.24. The normalized spacial score (nSPS) is 11.5. The number of hydrogen-bond acceptors (Lipinski definition) is 5. The highest BCUT2D eigenvalue weighted by molar-refractivity contribution is 6.32. The minimum atomic E-state index is -0.849. The van der Waals surface area contributed by atoms with Crippen LogP contribution in [0.4, 0.5) is 10.5 Å². The Balaban J connectivity index is 1.41. The molecule has 0 radical (unpaired) electrons. The summed E-state index contributed by atoms with van der Waals surface area (Å²) >= 11 is 6.25. The van der Waals surface area contributed by atoms with Crippen molar-refractivity contribution in [2.45, 2.75) is 19.6 Å². The molecule has 3 N–H and O–H groups in total. The van der Waals surface area contributed by atoms with E-state index in [1.54, 1.807) is 30.6 Å². The molecule has 31 heavy (non-hydrogen) atoms. The number of aromatic nitrogens is 1. The quantitative estimate of drug-likeness (QED) is 0.463. The van der Waals surface area contributed by atoms with E-state index in [1.165, 1.54) is 0 Å². The number of aliphatic hydroxyl groups is 1. The molecule has 162 valence electrons. The van der Waals surface area contributed by atoms with Crippen molar-refractivity contribution in [3.63, 3.8) is 0 Å². The van der Waals surface area contributed by atoms with E-state index in [9.17, 15) is 9.90 Å². The zero-order chi connectivity index (χ0) is 22.1. The molecule has 0 saturated heterocycles.